The zero-order chi connectivity index (χ0) is 13.1. The Hall–Kier alpha value is -1.35. The Balaban J connectivity index is 1.48. The van der Waals surface area contributed by atoms with E-state index in [-0.39, 0.29) is 5.92 Å². The molecule has 3 rings (SSSR count). The molecule has 2 heterocycles. The Bertz CT molecular complexity index is 420. The molecule has 2 aliphatic rings. The fourth-order valence-corrected chi connectivity index (χ4v) is 3.03. The van der Waals surface area contributed by atoms with Crippen molar-refractivity contribution in [2.45, 2.75) is 19.3 Å². The molecule has 0 unspecified atom stereocenters. The summed E-state index contributed by atoms with van der Waals surface area (Å²) in [7, 11) is 0. The molecule has 0 aliphatic carbocycles. The van der Waals surface area contributed by atoms with E-state index in [4.69, 9.17) is 0 Å². The van der Waals surface area contributed by atoms with Crippen LogP contribution in [0.2, 0.25) is 0 Å². The second-order valence-corrected chi connectivity index (χ2v) is 5.81. The number of rotatable bonds is 3. The Morgan fingerprint density at radius 2 is 1.84 bits per heavy atom. The Labute approximate surface area is 115 Å². The molecule has 2 aliphatic heterocycles. The van der Waals surface area contributed by atoms with Crippen LogP contribution in [0.1, 0.15) is 18.4 Å². The number of likely N-dealkylation sites (tertiary alicyclic amines) is 1. The van der Waals surface area contributed by atoms with Gasteiger partial charge in [-0.25, -0.2) is 0 Å². The van der Waals surface area contributed by atoms with Gasteiger partial charge in [0.2, 0.25) is 5.91 Å². The predicted molar refractivity (Wildman–Crippen MR) is 75.8 cm³/mol. The fraction of sp³-hybridized carbons (Fsp3) is 0.562. The van der Waals surface area contributed by atoms with Crippen LogP contribution in [0.4, 0.5) is 0 Å². The first-order valence-corrected chi connectivity index (χ1v) is 7.36. The Morgan fingerprint density at radius 3 is 2.42 bits per heavy atom. The lowest BCUT2D eigenvalue weighted by molar-refractivity contribution is -0.138. The average Bonchev–Trinajstić information content (AvgIpc) is 2.39. The van der Waals surface area contributed by atoms with Gasteiger partial charge in [0.1, 0.15) is 0 Å². The lowest BCUT2D eigenvalue weighted by Gasteiger charge is -2.37. The minimum atomic E-state index is 0.255. The molecule has 1 aromatic carbocycles. The van der Waals surface area contributed by atoms with E-state index in [0.717, 1.165) is 51.4 Å². The van der Waals surface area contributed by atoms with E-state index in [2.05, 4.69) is 40.5 Å². The minimum absolute atomic E-state index is 0.255. The standard InChI is InChI=1S/C16H22N2O/c19-16(15-11-17-12-15)18-8-6-14(7-9-18)10-13-4-2-1-3-5-13/h1-5,14-15,17H,6-12H2. The third kappa shape index (κ3) is 2.98. The third-order valence-electron chi connectivity index (χ3n) is 4.42. The average molecular weight is 258 g/mol. The number of nitrogens with zero attached hydrogens (tertiary/aromatic N) is 1. The molecular formula is C16H22N2O. The fourth-order valence-electron chi connectivity index (χ4n) is 3.03. The van der Waals surface area contributed by atoms with E-state index in [1.165, 1.54) is 5.56 Å². The van der Waals surface area contributed by atoms with Gasteiger partial charge in [-0.05, 0) is 30.7 Å². The number of hydrogen-bond donors (Lipinski definition) is 1. The molecule has 1 N–H and O–H groups in total. The molecule has 0 aromatic heterocycles. The van der Waals surface area contributed by atoms with Crippen LogP contribution in [0, 0.1) is 11.8 Å². The summed E-state index contributed by atoms with van der Waals surface area (Å²) < 4.78 is 0. The molecule has 0 saturated carbocycles. The van der Waals surface area contributed by atoms with E-state index in [0.29, 0.717) is 5.91 Å². The van der Waals surface area contributed by atoms with Gasteiger partial charge in [-0.15, -0.1) is 0 Å². The monoisotopic (exact) mass is 258 g/mol. The molecule has 0 spiro atoms. The lowest BCUT2D eigenvalue weighted by atomic mass is 9.89. The zero-order valence-corrected chi connectivity index (χ0v) is 11.3. The third-order valence-corrected chi connectivity index (χ3v) is 4.42. The largest absolute Gasteiger partial charge is 0.342 e. The van der Waals surface area contributed by atoms with Crippen LogP contribution >= 0.6 is 0 Å². The van der Waals surface area contributed by atoms with Crippen molar-refractivity contribution in [3.05, 3.63) is 35.9 Å². The molecule has 19 heavy (non-hydrogen) atoms. The van der Waals surface area contributed by atoms with Gasteiger partial charge in [-0.1, -0.05) is 30.3 Å². The summed E-state index contributed by atoms with van der Waals surface area (Å²) in [6.45, 7) is 3.66. The van der Waals surface area contributed by atoms with Crippen LogP contribution in [0.25, 0.3) is 0 Å². The minimum Gasteiger partial charge on any atom is -0.342 e. The quantitative estimate of drug-likeness (QED) is 0.895. The molecule has 2 fully saturated rings. The van der Waals surface area contributed by atoms with E-state index in [9.17, 15) is 4.79 Å². The van der Waals surface area contributed by atoms with Crippen molar-refractivity contribution in [3.8, 4) is 0 Å². The van der Waals surface area contributed by atoms with Crippen molar-refractivity contribution < 1.29 is 4.79 Å². The maximum Gasteiger partial charge on any atom is 0.228 e. The Morgan fingerprint density at radius 1 is 1.16 bits per heavy atom. The molecule has 2 saturated heterocycles. The second kappa shape index (κ2) is 5.74. The highest BCUT2D eigenvalue weighted by molar-refractivity contribution is 5.80. The molecular weight excluding hydrogens is 236 g/mol. The first-order valence-electron chi connectivity index (χ1n) is 7.36. The van der Waals surface area contributed by atoms with Gasteiger partial charge in [-0.2, -0.15) is 0 Å². The van der Waals surface area contributed by atoms with E-state index in [1.807, 2.05) is 0 Å². The molecule has 0 bridgehead atoms. The summed E-state index contributed by atoms with van der Waals surface area (Å²) in [4.78, 5) is 14.2. The summed E-state index contributed by atoms with van der Waals surface area (Å²) in [6, 6.07) is 10.7. The van der Waals surface area contributed by atoms with Crippen LogP contribution in [0.15, 0.2) is 30.3 Å². The molecule has 0 atom stereocenters. The normalized spacial score (nSPS) is 21.2. The van der Waals surface area contributed by atoms with Crippen LogP contribution < -0.4 is 5.32 Å². The van der Waals surface area contributed by atoms with Crippen LogP contribution in [-0.2, 0) is 11.2 Å². The van der Waals surface area contributed by atoms with E-state index < -0.39 is 0 Å². The van der Waals surface area contributed by atoms with Crippen molar-refractivity contribution in [2.24, 2.45) is 11.8 Å². The molecule has 102 valence electrons. The van der Waals surface area contributed by atoms with Crippen molar-refractivity contribution >= 4 is 5.91 Å². The number of piperidine rings is 1. The van der Waals surface area contributed by atoms with Crippen molar-refractivity contribution in [2.75, 3.05) is 26.2 Å². The highest BCUT2D eigenvalue weighted by atomic mass is 16.2. The van der Waals surface area contributed by atoms with Gasteiger partial charge < -0.3 is 10.2 Å². The number of carbonyl (C=O) groups excluding carboxylic acids is 1. The molecule has 0 radical (unpaired) electrons. The maximum absolute atomic E-state index is 12.1. The molecule has 1 aromatic rings. The van der Waals surface area contributed by atoms with Gasteiger partial charge in [0.15, 0.2) is 0 Å². The highest BCUT2D eigenvalue weighted by Gasteiger charge is 2.31. The number of carbonyl (C=O) groups is 1. The van der Waals surface area contributed by atoms with Gasteiger partial charge in [0.05, 0.1) is 5.92 Å². The van der Waals surface area contributed by atoms with Crippen molar-refractivity contribution in [1.29, 1.82) is 0 Å². The number of benzene rings is 1. The van der Waals surface area contributed by atoms with E-state index in [1.54, 1.807) is 0 Å². The first kappa shape index (κ1) is 12.7. The smallest absolute Gasteiger partial charge is 0.228 e. The van der Waals surface area contributed by atoms with Crippen LogP contribution in [-0.4, -0.2) is 37.0 Å². The van der Waals surface area contributed by atoms with Gasteiger partial charge in [-0.3, -0.25) is 4.79 Å². The number of hydrogen-bond acceptors (Lipinski definition) is 2. The number of amides is 1. The Kier molecular flexibility index (Phi) is 3.83. The van der Waals surface area contributed by atoms with Gasteiger partial charge in [0, 0.05) is 26.2 Å². The van der Waals surface area contributed by atoms with Gasteiger partial charge in [0.25, 0.3) is 0 Å². The second-order valence-electron chi connectivity index (χ2n) is 5.81. The van der Waals surface area contributed by atoms with Crippen molar-refractivity contribution in [1.82, 2.24) is 10.2 Å². The van der Waals surface area contributed by atoms with Crippen LogP contribution in [0.3, 0.4) is 0 Å². The van der Waals surface area contributed by atoms with E-state index >= 15 is 0 Å². The molecule has 1 amide bonds. The zero-order valence-electron chi connectivity index (χ0n) is 11.3. The van der Waals surface area contributed by atoms with Crippen molar-refractivity contribution in [3.63, 3.8) is 0 Å². The first-order chi connectivity index (χ1) is 9.33. The number of nitrogens with one attached hydrogen (secondary N) is 1. The van der Waals surface area contributed by atoms with Gasteiger partial charge >= 0.3 is 0 Å². The SMILES string of the molecule is O=C(C1CNC1)N1CCC(Cc2ccccc2)CC1. The summed E-state index contributed by atoms with van der Waals surface area (Å²) in [5.41, 5.74) is 1.43. The summed E-state index contributed by atoms with van der Waals surface area (Å²) >= 11 is 0. The summed E-state index contributed by atoms with van der Waals surface area (Å²) in [5, 5.41) is 3.18. The molecule has 3 heteroatoms. The highest BCUT2D eigenvalue weighted by Crippen LogP contribution is 2.23. The lowest BCUT2D eigenvalue weighted by Crippen LogP contribution is -2.53. The summed E-state index contributed by atoms with van der Waals surface area (Å²) in [5.74, 6) is 1.37. The van der Waals surface area contributed by atoms with Crippen LogP contribution in [0.5, 0.6) is 0 Å². The molecule has 3 nitrogen and oxygen atoms in total. The maximum atomic E-state index is 12.1. The topological polar surface area (TPSA) is 32.3 Å². The summed E-state index contributed by atoms with van der Waals surface area (Å²) in [6.07, 6.45) is 3.47. The predicted octanol–water partition coefficient (Wildman–Crippen LogP) is 1.69.